The summed E-state index contributed by atoms with van der Waals surface area (Å²) in [5.41, 5.74) is 0.800. The molecule has 3 heteroatoms. The summed E-state index contributed by atoms with van der Waals surface area (Å²) in [6.07, 6.45) is 3.03. The summed E-state index contributed by atoms with van der Waals surface area (Å²) in [7, 11) is 0. The van der Waals surface area contributed by atoms with Crippen molar-refractivity contribution in [2.45, 2.75) is 46.0 Å². The largest absolute Gasteiger partial charge is 0.381 e. The van der Waals surface area contributed by atoms with Crippen molar-refractivity contribution < 1.29 is 9.13 Å². The molecule has 1 N–H and O–H groups in total. The lowest BCUT2D eigenvalue weighted by Crippen LogP contribution is -2.24. The molecule has 0 radical (unpaired) electrons. The standard InChI is InChI=1S/C18H30FNO/c1-4-11-20-14-16(10-13-21-12-9-15(2)3)17-7-5-6-8-18(17)19/h5-8,15-16,20H,4,9-14H2,1-3H3. The Balaban J connectivity index is 2.47. The van der Waals surface area contributed by atoms with E-state index in [0.717, 1.165) is 44.5 Å². The Labute approximate surface area is 129 Å². The van der Waals surface area contributed by atoms with Crippen molar-refractivity contribution in [2.24, 2.45) is 5.92 Å². The molecule has 0 aromatic heterocycles. The predicted molar refractivity (Wildman–Crippen MR) is 87.2 cm³/mol. The first kappa shape index (κ1) is 18.1. The maximum Gasteiger partial charge on any atom is 0.126 e. The summed E-state index contributed by atoms with van der Waals surface area (Å²) in [5.74, 6) is 0.735. The first-order chi connectivity index (χ1) is 10.1. The Morgan fingerprint density at radius 3 is 2.52 bits per heavy atom. The molecule has 1 unspecified atom stereocenters. The number of hydrogen-bond acceptors (Lipinski definition) is 2. The molecule has 0 heterocycles. The van der Waals surface area contributed by atoms with Gasteiger partial charge in [0.1, 0.15) is 5.82 Å². The number of benzene rings is 1. The van der Waals surface area contributed by atoms with Crippen LogP contribution >= 0.6 is 0 Å². The van der Waals surface area contributed by atoms with E-state index in [1.165, 1.54) is 0 Å². The second kappa shape index (κ2) is 10.7. The lowest BCUT2D eigenvalue weighted by molar-refractivity contribution is 0.116. The van der Waals surface area contributed by atoms with Crippen molar-refractivity contribution in [1.82, 2.24) is 5.32 Å². The summed E-state index contributed by atoms with van der Waals surface area (Å²) in [6, 6.07) is 7.09. The smallest absolute Gasteiger partial charge is 0.126 e. The highest BCUT2D eigenvalue weighted by molar-refractivity contribution is 5.22. The highest BCUT2D eigenvalue weighted by Crippen LogP contribution is 2.22. The van der Waals surface area contributed by atoms with Crippen LogP contribution in [0.5, 0.6) is 0 Å². The van der Waals surface area contributed by atoms with E-state index in [-0.39, 0.29) is 11.7 Å². The van der Waals surface area contributed by atoms with Crippen molar-refractivity contribution in [3.63, 3.8) is 0 Å². The number of hydrogen-bond donors (Lipinski definition) is 1. The van der Waals surface area contributed by atoms with E-state index >= 15 is 0 Å². The highest BCUT2D eigenvalue weighted by atomic mass is 19.1. The van der Waals surface area contributed by atoms with Crippen molar-refractivity contribution in [3.05, 3.63) is 35.6 Å². The molecule has 120 valence electrons. The van der Waals surface area contributed by atoms with E-state index in [0.29, 0.717) is 12.5 Å². The summed E-state index contributed by atoms with van der Waals surface area (Å²) < 4.78 is 19.7. The molecule has 0 aliphatic rings. The molecule has 0 fully saturated rings. The maximum absolute atomic E-state index is 14.0. The van der Waals surface area contributed by atoms with Gasteiger partial charge in [-0.25, -0.2) is 4.39 Å². The topological polar surface area (TPSA) is 21.3 Å². The van der Waals surface area contributed by atoms with Crippen LogP contribution in [0.2, 0.25) is 0 Å². The van der Waals surface area contributed by atoms with E-state index in [1.54, 1.807) is 12.1 Å². The minimum absolute atomic E-state index is 0.108. The van der Waals surface area contributed by atoms with Gasteiger partial charge in [-0.2, -0.15) is 0 Å². The van der Waals surface area contributed by atoms with Crippen molar-refractivity contribution in [1.29, 1.82) is 0 Å². The lowest BCUT2D eigenvalue weighted by Gasteiger charge is -2.19. The zero-order valence-corrected chi connectivity index (χ0v) is 13.7. The average molecular weight is 295 g/mol. The van der Waals surface area contributed by atoms with E-state index < -0.39 is 0 Å². The molecule has 0 amide bonds. The third-order valence-electron chi connectivity index (χ3n) is 3.61. The average Bonchev–Trinajstić information content (AvgIpc) is 2.46. The zero-order chi connectivity index (χ0) is 15.5. The number of halogens is 1. The van der Waals surface area contributed by atoms with Crippen molar-refractivity contribution in [2.75, 3.05) is 26.3 Å². The van der Waals surface area contributed by atoms with Crippen LogP contribution in [0.3, 0.4) is 0 Å². The van der Waals surface area contributed by atoms with Crippen molar-refractivity contribution >= 4 is 0 Å². The minimum atomic E-state index is -0.108. The fourth-order valence-corrected chi connectivity index (χ4v) is 2.27. The van der Waals surface area contributed by atoms with Gasteiger partial charge in [0.25, 0.3) is 0 Å². The van der Waals surface area contributed by atoms with Crippen LogP contribution < -0.4 is 5.32 Å². The summed E-state index contributed by atoms with van der Waals surface area (Å²) in [6.45, 7) is 9.80. The van der Waals surface area contributed by atoms with Crippen LogP contribution in [-0.2, 0) is 4.74 Å². The predicted octanol–water partition coefficient (Wildman–Crippen LogP) is 4.36. The molecule has 0 bridgehead atoms. The van der Waals surface area contributed by atoms with E-state index in [2.05, 4.69) is 26.1 Å². The Bertz CT molecular complexity index is 381. The molecule has 0 aliphatic heterocycles. The van der Waals surface area contributed by atoms with Crippen LogP contribution in [0.1, 0.15) is 51.5 Å². The SMILES string of the molecule is CCCNCC(CCOCCC(C)C)c1ccccc1F. The first-order valence-corrected chi connectivity index (χ1v) is 8.18. The summed E-state index contributed by atoms with van der Waals surface area (Å²) in [4.78, 5) is 0. The summed E-state index contributed by atoms with van der Waals surface area (Å²) >= 11 is 0. The molecule has 0 aliphatic carbocycles. The quantitative estimate of drug-likeness (QED) is 0.612. The van der Waals surface area contributed by atoms with E-state index in [9.17, 15) is 4.39 Å². The molecular formula is C18H30FNO. The molecule has 0 spiro atoms. The van der Waals surface area contributed by atoms with E-state index in [1.807, 2.05) is 12.1 Å². The Hall–Kier alpha value is -0.930. The minimum Gasteiger partial charge on any atom is -0.381 e. The van der Waals surface area contributed by atoms with Gasteiger partial charge >= 0.3 is 0 Å². The number of nitrogens with one attached hydrogen (secondary N) is 1. The van der Waals surface area contributed by atoms with Gasteiger partial charge in [-0.3, -0.25) is 0 Å². The van der Waals surface area contributed by atoms with Gasteiger partial charge in [-0.05, 0) is 43.4 Å². The van der Waals surface area contributed by atoms with Crippen LogP contribution in [-0.4, -0.2) is 26.3 Å². The zero-order valence-electron chi connectivity index (χ0n) is 13.7. The fraction of sp³-hybridized carbons (Fsp3) is 0.667. The van der Waals surface area contributed by atoms with Crippen LogP contribution in [0, 0.1) is 11.7 Å². The molecule has 1 aromatic carbocycles. The Morgan fingerprint density at radius 1 is 1.14 bits per heavy atom. The third kappa shape index (κ3) is 7.58. The first-order valence-electron chi connectivity index (χ1n) is 8.18. The van der Waals surface area contributed by atoms with Crippen LogP contribution in [0.25, 0.3) is 0 Å². The normalized spacial score (nSPS) is 12.8. The van der Waals surface area contributed by atoms with Gasteiger partial charge in [0.2, 0.25) is 0 Å². The number of ether oxygens (including phenoxy) is 1. The van der Waals surface area contributed by atoms with Crippen LogP contribution in [0.4, 0.5) is 4.39 Å². The molecule has 1 rings (SSSR count). The second-order valence-electron chi connectivity index (χ2n) is 6.01. The van der Waals surface area contributed by atoms with Gasteiger partial charge in [0.15, 0.2) is 0 Å². The van der Waals surface area contributed by atoms with Gasteiger partial charge in [-0.15, -0.1) is 0 Å². The lowest BCUT2D eigenvalue weighted by atomic mass is 9.95. The number of rotatable bonds is 11. The van der Waals surface area contributed by atoms with E-state index in [4.69, 9.17) is 4.74 Å². The molecule has 0 saturated heterocycles. The molecule has 1 aromatic rings. The molecule has 21 heavy (non-hydrogen) atoms. The fourth-order valence-electron chi connectivity index (χ4n) is 2.27. The van der Waals surface area contributed by atoms with Gasteiger partial charge < -0.3 is 10.1 Å². The highest BCUT2D eigenvalue weighted by Gasteiger charge is 2.15. The second-order valence-corrected chi connectivity index (χ2v) is 6.01. The Kier molecular flexibility index (Phi) is 9.27. The third-order valence-corrected chi connectivity index (χ3v) is 3.61. The summed E-state index contributed by atoms with van der Waals surface area (Å²) in [5, 5.41) is 3.40. The van der Waals surface area contributed by atoms with Gasteiger partial charge in [0.05, 0.1) is 0 Å². The Morgan fingerprint density at radius 2 is 1.86 bits per heavy atom. The maximum atomic E-state index is 14.0. The molecule has 1 atom stereocenters. The van der Waals surface area contributed by atoms with Crippen LogP contribution in [0.15, 0.2) is 24.3 Å². The molecular weight excluding hydrogens is 265 g/mol. The molecule has 0 saturated carbocycles. The molecule has 2 nitrogen and oxygen atoms in total. The monoisotopic (exact) mass is 295 g/mol. The van der Waals surface area contributed by atoms with Gasteiger partial charge in [0, 0.05) is 25.7 Å². The van der Waals surface area contributed by atoms with Gasteiger partial charge in [-0.1, -0.05) is 39.0 Å². The van der Waals surface area contributed by atoms with Crippen molar-refractivity contribution in [3.8, 4) is 0 Å².